The summed E-state index contributed by atoms with van der Waals surface area (Å²) >= 11 is 0. The summed E-state index contributed by atoms with van der Waals surface area (Å²) in [6.07, 6.45) is 15.0. The third-order valence-electron chi connectivity index (χ3n) is 7.55. The zero-order valence-electron chi connectivity index (χ0n) is 20.0. The molecule has 33 heavy (non-hydrogen) atoms. The lowest BCUT2D eigenvalue weighted by atomic mass is 9.57. The molecule has 0 aromatic carbocycles. The van der Waals surface area contributed by atoms with Gasteiger partial charge < -0.3 is 15.0 Å². The minimum Gasteiger partial charge on any atom is -0.478 e. The van der Waals surface area contributed by atoms with Crippen LogP contribution in [0.15, 0.2) is 45.7 Å². The van der Waals surface area contributed by atoms with E-state index in [1.807, 2.05) is 24.0 Å². The minimum absolute atomic E-state index is 0.109. The van der Waals surface area contributed by atoms with Gasteiger partial charge in [0, 0.05) is 57.1 Å². The second-order valence-electron chi connectivity index (χ2n) is 10.1. The maximum Gasteiger partial charge on any atom is 0.286 e. The lowest BCUT2D eigenvalue weighted by molar-refractivity contribution is -0.135. The van der Waals surface area contributed by atoms with Gasteiger partial charge in [0.05, 0.1) is 0 Å². The van der Waals surface area contributed by atoms with Crippen molar-refractivity contribution in [2.75, 3.05) is 26.7 Å². The molecule has 0 bridgehead atoms. The molecule has 4 rings (SSSR count). The molecule has 2 amide bonds. The molecule has 1 saturated carbocycles. The van der Waals surface area contributed by atoms with Crippen LogP contribution in [0.1, 0.15) is 52.4 Å². The van der Waals surface area contributed by atoms with Gasteiger partial charge in [0.2, 0.25) is 5.91 Å². The lowest BCUT2D eigenvalue weighted by Crippen LogP contribution is -2.50. The van der Waals surface area contributed by atoms with Crippen LogP contribution in [-0.4, -0.2) is 61.4 Å². The van der Waals surface area contributed by atoms with Gasteiger partial charge in [0.15, 0.2) is 5.76 Å². The molecule has 0 aromatic rings. The van der Waals surface area contributed by atoms with E-state index in [1.54, 1.807) is 19.5 Å². The average molecular weight is 453 g/mol. The van der Waals surface area contributed by atoms with Crippen molar-refractivity contribution >= 4 is 23.7 Å². The van der Waals surface area contributed by atoms with E-state index in [1.165, 1.54) is 5.57 Å². The Kier molecular flexibility index (Phi) is 7.15. The zero-order chi connectivity index (χ0) is 23.4. The second-order valence-corrected chi connectivity index (χ2v) is 10.1. The van der Waals surface area contributed by atoms with Crippen molar-refractivity contribution in [1.29, 1.82) is 0 Å². The first-order valence-electron chi connectivity index (χ1n) is 12.1. The number of likely N-dealkylation sites (tertiary alicyclic amines) is 1. The third kappa shape index (κ3) is 5.63. The number of nitrogens with zero attached hydrogens (tertiary/aromatic N) is 3. The lowest BCUT2D eigenvalue weighted by Gasteiger charge is -2.52. The standard InChI is InChI=1S/C26H36N4O3/c1-18(12-19(2)27-3)4-5-24(31)30-10-7-26(8-11-30)14-20(15-26)16-29-25(32)22-13-21-6-9-28-17-23(21)33-22/h6,9,12-13,17,20-21,23H,4-5,7-8,10-11,14-16H2,1-3H3,(H,29,32)/b18-12-,27-19?. The van der Waals surface area contributed by atoms with Gasteiger partial charge in [0.1, 0.15) is 6.10 Å². The third-order valence-corrected chi connectivity index (χ3v) is 7.55. The van der Waals surface area contributed by atoms with E-state index in [9.17, 15) is 9.59 Å². The first-order valence-corrected chi connectivity index (χ1v) is 12.1. The highest BCUT2D eigenvalue weighted by atomic mass is 16.5. The van der Waals surface area contributed by atoms with Crippen LogP contribution in [0.2, 0.25) is 0 Å². The van der Waals surface area contributed by atoms with Crippen molar-refractivity contribution in [3.05, 3.63) is 35.8 Å². The first-order chi connectivity index (χ1) is 15.9. The molecule has 2 atom stereocenters. The van der Waals surface area contributed by atoms with Gasteiger partial charge in [0.25, 0.3) is 5.91 Å². The number of aliphatic imine (C=N–C) groups is 2. The molecular weight excluding hydrogens is 416 g/mol. The Hall–Kier alpha value is -2.70. The zero-order valence-corrected chi connectivity index (χ0v) is 20.0. The monoisotopic (exact) mass is 452 g/mol. The van der Waals surface area contributed by atoms with Crippen LogP contribution >= 0.6 is 0 Å². The van der Waals surface area contributed by atoms with Gasteiger partial charge in [-0.05, 0) is 69.4 Å². The predicted molar refractivity (Wildman–Crippen MR) is 130 cm³/mol. The van der Waals surface area contributed by atoms with Gasteiger partial charge in [-0.3, -0.25) is 19.6 Å². The van der Waals surface area contributed by atoms with E-state index >= 15 is 0 Å². The minimum atomic E-state index is -0.148. The number of ether oxygens (including phenoxy) is 1. The fourth-order valence-electron chi connectivity index (χ4n) is 5.47. The highest BCUT2D eigenvalue weighted by Crippen LogP contribution is 2.52. The van der Waals surface area contributed by atoms with E-state index in [2.05, 4.69) is 28.3 Å². The Morgan fingerprint density at radius 1 is 1.27 bits per heavy atom. The molecule has 0 aromatic heterocycles. The molecule has 0 radical (unpaired) electrons. The summed E-state index contributed by atoms with van der Waals surface area (Å²) in [4.78, 5) is 35.4. The Labute approximate surface area is 196 Å². The van der Waals surface area contributed by atoms with Crippen molar-refractivity contribution in [1.82, 2.24) is 10.2 Å². The Balaban J connectivity index is 1.14. The maximum absolute atomic E-state index is 12.6. The van der Waals surface area contributed by atoms with Crippen molar-refractivity contribution in [2.45, 2.75) is 58.5 Å². The summed E-state index contributed by atoms with van der Waals surface area (Å²) in [7, 11) is 1.78. The molecule has 7 heteroatoms. The molecule has 1 aliphatic carbocycles. The quantitative estimate of drug-likeness (QED) is 0.601. The van der Waals surface area contributed by atoms with Gasteiger partial charge in [-0.15, -0.1) is 0 Å². The molecule has 1 saturated heterocycles. The highest BCUT2D eigenvalue weighted by Gasteiger charge is 2.46. The van der Waals surface area contributed by atoms with Crippen molar-refractivity contribution < 1.29 is 14.3 Å². The fraction of sp³-hybridized carbons (Fsp3) is 0.615. The van der Waals surface area contributed by atoms with Crippen LogP contribution < -0.4 is 5.32 Å². The number of carbonyl (C=O) groups is 2. The number of nitrogens with one attached hydrogen (secondary N) is 1. The molecule has 3 heterocycles. The number of amides is 2. The van der Waals surface area contributed by atoms with E-state index in [4.69, 9.17) is 4.74 Å². The number of hydrogen-bond acceptors (Lipinski definition) is 5. The number of allylic oxidation sites excluding steroid dienone is 2. The van der Waals surface area contributed by atoms with Crippen LogP contribution in [0.4, 0.5) is 0 Å². The molecule has 2 fully saturated rings. The summed E-state index contributed by atoms with van der Waals surface area (Å²) in [5, 5.41) is 3.05. The topological polar surface area (TPSA) is 83.4 Å². The second kappa shape index (κ2) is 10.1. The molecule has 178 valence electrons. The summed E-state index contributed by atoms with van der Waals surface area (Å²) in [5.41, 5.74) is 2.55. The summed E-state index contributed by atoms with van der Waals surface area (Å²) in [6, 6.07) is 0. The molecular formula is C26H36N4O3. The van der Waals surface area contributed by atoms with Crippen LogP contribution in [0.25, 0.3) is 0 Å². The van der Waals surface area contributed by atoms with E-state index < -0.39 is 0 Å². The van der Waals surface area contributed by atoms with E-state index in [-0.39, 0.29) is 23.8 Å². The number of carbonyl (C=O) groups excluding carboxylic acids is 2. The number of piperidine rings is 1. The van der Waals surface area contributed by atoms with E-state index in [0.29, 0.717) is 30.1 Å². The molecule has 3 aliphatic heterocycles. The van der Waals surface area contributed by atoms with Crippen LogP contribution in [0.5, 0.6) is 0 Å². The normalized spacial score (nSPS) is 26.5. The smallest absolute Gasteiger partial charge is 0.286 e. The van der Waals surface area contributed by atoms with Crippen molar-refractivity contribution in [2.24, 2.45) is 27.2 Å². The molecule has 1 N–H and O–H groups in total. The van der Waals surface area contributed by atoms with Crippen LogP contribution in [0, 0.1) is 17.3 Å². The van der Waals surface area contributed by atoms with E-state index in [0.717, 1.165) is 50.9 Å². The SMILES string of the molecule is CN=C(C)/C=C(/C)CCC(=O)N1CCC2(CC1)CC(CNC(=O)C1=CC3C=CN=CC3O1)C2. The van der Waals surface area contributed by atoms with Gasteiger partial charge in [-0.1, -0.05) is 11.6 Å². The summed E-state index contributed by atoms with van der Waals surface area (Å²) in [6.45, 7) is 6.44. The Bertz CT molecular complexity index is 914. The maximum atomic E-state index is 12.6. The van der Waals surface area contributed by atoms with Crippen LogP contribution in [0.3, 0.4) is 0 Å². The summed E-state index contributed by atoms with van der Waals surface area (Å²) in [5.74, 6) is 1.16. The van der Waals surface area contributed by atoms with Gasteiger partial charge in [-0.25, -0.2) is 0 Å². The average Bonchev–Trinajstić information content (AvgIpc) is 3.24. The molecule has 7 nitrogen and oxygen atoms in total. The molecule has 1 spiro atoms. The number of hydrogen-bond donors (Lipinski definition) is 1. The Morgan fingerprint density at radius 3 is 2.73 bits per heavy atom. The largest absolute Gasteiger partial charge is 0.478 e. The van der Waals surface area contributed by atoms with Gasteiger partial charge in [-0.2, -0.15) is 0 Å². The first kappa shape index (κ1) is 23.5. The van der Waals surface area contributed by atoms with Crippen molar-refractivity contribution in [3.63, 3.8) is 0 Å². The number of rotatable bonds is 7. The molecule has 4 aliphatic rings. The highest BCUT2D eigenvalue weighted by molar-refractivity contribution is 5.93. The Morgan fingerprint density at radius 2 is 2.03 bits per heavy atom. The van der Waals surface area contributed by atoms with Crippen molar-refractivity contribution in [3.8, 4) is 0 Å². The number of fused-ring (bicyclic) bond motifs is 1. The van der Waals surface area contributed by atoms with Gasteiger partial charge >= 0.3 is 0 Å². The predicted octanol–water partition coefficient (Wildman–Crippen LogP) is 3.44. The fourth-order valence-corrected chi connectivity index (χ4v) is 5.47. The van der Waals surface area contributed by atoms with Crippen LogP contribution in [-0.2, 0) is 14.3 Å². The summed E-state index contributed by atoms with van der Waals surface area (Å²) < 4.78 is 5.72. The molecule has 2 unspecified atom stereocenters.